The first-order valence-electron chi connectivity index (χ1n) is 4.19. The molecule has 1 aromatic carbocycles. The van der Waals surface area contributed by atoms with E-state index in [0.717, 1.165) is 5.56 Å². The Morgan fingerprint density at radius 1 is 1.29 bits per heavy atom. The van der Waals surface area contributed by atoms with Crippen molar-refractivity contribution in [3.05, 3.63) is 35.9 Å². The van der Waals surface area contributed by atoms with Crippen molar-refractivity contribution in [1.82, 2.24) is 5.48 Å². The first-order chi connectivity index (χ1) is 6.43. The standard InChI is InChI=1S/C10H12N2O.ClH/c11-7-4-8-12-13-9-10-5-2-1-3-6-10;/h1-3,5-6,12H,4,8-9H2;1H. The summed E-state index contributed by atoms with van der Waals surface area (Å²) >= 11 is 0. The van der Waals surface area contributed by atoms with Gasteiger partial charge in [-0.1, -0.05) is 30.3 Å². The SMILES string of the molecule is Cl.N#CCCNOCc1ccccc1. The molecule has 0 saturated heterocycles. The van der Waals surface area contributed by atoms with E-state index in [1.807, 2.05) is 36.4 Å². The molecule has 1 rings (SSSR count). The van der Waals surface area contributed by atoms with Gasteiger partial charge < -0.3 is 0 Å². The fourth-order valence-corrected chi connectivity index (χ4v) is 0.888. The third kappa shape index (κ3) is 5.55. The number of nitrogens with zero attached hydrogens (tertiary/aromatic N) is 1. The molecule has 0 aliphatic heterocycles. The summed E-state index contributed by atoms with van der Waals surface area (Å²) in [5.41, 5.74) is 3.83. The van der Waals surface area contributed by atoms with Gasteiger partial charge in [-0.3, -0.25) is 4.84 Å². The summed E-state index contributed by atoms with van der Waals surface area (Å²) in [6.07, 6.45) is 0.467. The third-order valence-corrected chi connectivity index (χ3v) is 1.52. The van der Waals surface area contributed by atoms with Gasteiger partial charge in [0.05, 0.1) is 12.7 Å². The van der Waals surface area contributed by atoms with E-state index in [0.29, 0.717) is 19.6 Å². The van der Waals surface area contributed by atoms with Crippen LogP contribution >= 0.6 is 12.4 Å². The molecule has 0 atom stereocenters. The molecule has 0 aliphatic carbocycles. The van der Waals surface area contributed by atoms with Gasteiger partial charge in [-0.2, -0.15) is 5.26 Å². The lowest BCUT2D eigenvalue weighted by atomic mass is 10.2. The van der Waals surface area contributed by atoms with Crippen molar-refractivity contribution in [2.24, 2.45) is 0 Å². The molecule has 0 radical (unpaired) electrons. The van der Waals surface area contributed by atoms with Crippen molar-refractivity contribution >= 4 is 12.4 Å². The lowest BCUT2D eigenvalue weighted by Gasteiger charge is -2.02. The second-order valence-corrected chi connectivity index (χ2v) is 2.58. The van der Waals surface area contributed by atoms with Gasteiger partial charge in [-0.25, -0.2) is 5.48 Å². The molecule has 1 N–H and O–H groups in total. The molecule has 76 valence electrons. The smallest absolute Gasteiger partial charge is 0.0933 e. The van der Waals surface area contributed by atoms with Crippen LogP contribution in [0.25, 0.3) is 0 Å². The summed E-state index contributed by atoms with van der Waals surface area (Å²) in [5, 5.41) is 8.24. The molecular weight excluding hydrogens is 200 g/mol. The molecule has 1 aromatic rings. The summed E-state index contributed by atoms with van der Waals surface area (Å²) in [4.78, 5) is 5.12. The Bertz CT molecular complexity index is 271. The first-order valence-corrected chi connectivity index (χ1v) is 4.19. The molecule has 0 amide bonds. The molecule has 0 spiro atoms. The number of nitrogens with one attached hydrogen (secondary N) is 1. The van der Waals surface area contributed by atoms with Crippen LogP contribution in [-0.2, 0) is 11.4 Å². The molecule has 0 fully saturated rings. The minimum atomic E-state index is 0. The molecule has 0 saturated carbocycles. The number of nitriles is 1. The van der Waals surface area contributed by atoms with Crippen LogP contribution in [0.2, 0.25) is 0 Å². The van der Waals surface area contributed by atoms with Crippen LogP contribution in [0.15, 0.2) is 30.3 Å². The Hall–Kier alpha value is -1.08. The minimum absolute atomic E-state index is 0. The highest BCUT2D eigenvalue weighted by Crippen LogP contribution is 1.98. The first kappa shape index (κ1) is 12.9. The molecule has 0 aliphatic rings. The molecule has 3 nitrogen and oxygen atoms in total. The van der Waals surface area contributed by atoms with Crippen molar-refractivity contribution in [2.75, 3.05) is 6.54 Å². The zero-order chi connectivity index (χ0) is 9.36. The van der Waals surface area contributed by atoms with Gasteiger partial charge in [0.25, 0.3) is 0 Å². The van der Waals surface area contributed by atoms with Gasteiger partial charge in [0.2, 0.25) is 0 Å². The van der Waals surface area contributed by atoms with Crippen molar-refractivity contribution in [3.63, 3.8) is 0 Å². The number of halogens is 1. The van der Waals surface area contributed by atoms with Crippen LogP contribution in [-0.4, -0.2) is 6.54 Å². The average molecular weight is 213 g/mol. The van der Waals surface area contributed by atoms with Gasteiger partial charge >= 0.3 is 0 Å². The molecule has 0 heterocycles. The Labute approximate surface area is 90.1 Å². The summed E-state index contributed by atoms with van der Waals surface area (Å²) < 4.78 is 0. The highest BCUT2D eigenvalue weighted by molar-refractivity contribution is 5.85. The van der Waals surface area contributed by atoms with Crippen LogP contribution in [0, 0.1) is 11.3 Å². The van der Waals surface area contributed by atoms with Crippen molar-refractivity contribution < 1.29 is 4.84 Å². The van der Waals surface area contributed by atoms with Gasteiger partial charge in [0.15, 0.2) is 0 Å². The highest BCUT2D eigenvalue weighted by Gasteiger charge is 1.90. The lowest BCUT2D eigenvalue weighted by molar-refractivity contribution is 0.0294. The van der Waals surface area contributed by atoms with Gasteiger partial charge in [0.1, 0.15) is 0 Å². The fraction of sp³-hybridized carbons (Fsp3) is 0.300. The molecular formula is C10H13ClN2O. The predicted molar refractivity (Wildman–Crippen MR) is 56.7 cm³/mol. The largest absolute Gasteiger partial charge is 0.297 e. The zero-order valence-electron chi connectivity index (χ0n) is 7.77. The number of hydrogen-bond acceptors (Lipinski definition) is 3. The minimum Gasteiger partial charge on any atom is -0.297 e. The number of hydroxylamine groups is 1. The molecule has 14 heavy (non-hydrogen) atoms. The van der Waals surface area contributed by atoms with Crippen molar-refractivity contribution in [2.45, 2.75) is 13.0 Å². The van der Waals surface area contributed by atoms with Crippen LogP contribution < -0.4 is 5.48 Å². The van der Waals surface area contributed by atoms with E-state index < -0.39 is 0 Å². The molecule has 0 bridgehead atoms. The third-order valence-electron chi connectivity index (χ3n) is 1.52. The van der Waals surface area contributed by atoms with E-state index in [9.17, 15) is 0 Å². The summed E-state index contributed by atoms with van der Waals surface area (Å²) in [5.74, 6) is 0. The van der Waals surface area contributed by atoms with Crippen LogP contribution in [0.4, 0.5) is 0 Å². The van der Waals surface area contributed by atoms with Crippen molar-refractivity contribution in [1.29, 1.82) is 5.26 Å². The fourth-order valence-electron chi connectivity index (χ4n) is 0.888. The quantitative estimate of drug-likeness (QED) is 0.600. The van der Waals surface area contributed by atoms with Crippen LogP contribution in [0.3, 0.4) is 0 Å². The molecule has 4 heteroatoms. The number of benzene rings is 1. The Morgan fingerprint density at radius 2 is 2.00 bits per heavy atom. The summed E-state index contributed by atoms with van der Waals surface area (Å²) in [7, 11) is 0. The van der Waals surface area contributed by atoms with E-state index >= 15 is 0 Å². The topological polar surface area (TPSA) is 45.0 Å². The second kappa shape index (κ2) is 8.52. The van der Waals surface area contributed by atoms with E-state index in [4.69, 9.17) is 10.1 Å². The highest BCUT2D eigenvalue weighted by atomic mass is 35.5. The van der Waals surface area contributed by atoms with E-state index in [-0.39, 0.29) is 12.4 Å². The Kier molecular flexibility index (Phi) is 7.86. The van der Waals surface area contributed by atoms with Crippen molar-refractivity contribution in [3.8, 4) is 6.07 Å². The number of rotatable bonds is 5. The van der Waals surface area contributed by atoms with Gasteiger partial charge in [0, 0.05) is 13.0 Å². The molecule has 0 unspecified atom stereocenters. The Balaban J connectivity index is 0.00000169. The second-order valence-electron chi connectivity index (χ2n) is 2.58. The lowest BCUT2D eigenvalue weighted by Crippen LogP contribution is -2.15. The maximum Gasteiger partial charge on any atom is 0.0933 e. The zero-order valence-corrected chi connectivity index (χ0v) is 8.59. The molecule has 0 aromatic heterocycles. The maximum atomic E-state index is 8.24. The van der Waals surface area contributed by atoms with Gasteiger partial charge in [-0.05, 0) is 5.56 Å². The normalized spacial score (nSPS) is 8.79. The maximum absolute atomic E-state index is 8.24. The predicted octanol–water partition coefficient (Wildman–Crippen LogP) is 2.04. The Morgan fingerprint density at radius 3 is 2.64 bits per heavy atom. The van der Waals surface area contributed by atoms with Crippen LogP contribution in [0.1, 0.15) is 12.0 Å². The summed E-state index contributed by atoms with van der Waals surface area (Å²) in [6.45, 7) is 1.11. The average Bonchev–Trinajstić information content (AvgIpc) is 2.19. The van der Waals surface area contributed by atoms with E-state index in [2.05, 4.69) is 5.48 Å². The van der Waals surface area contributed by atoms with Gasteiger partial charge in [-0.15, -0.1) is 12.4 Å². The monoisotopic (exact) mass is 212 g/mol. The summed E-state index contributed by atoms with van der Waals surface area (Å²) in [6, 6.07) is 11.9. The van der Waals surface area contributed by atoms with E-state index in [1.165, 1.54) is 0 Å². The number of hydrogen-bond donors (Lipinski definition) is 1. The van der Waals surface area contributed by atoms with E-state index in [1.54, 1.807) is 0 Å². The van der Waals surface area contributed by atoms with Crippen LogP contribution in [0.5, 0.6) is 0 Å².